The molecule has 0 fully saturated rings. The van der Waals surface area contributed by atoms with Crippen LogP contribution in [-0.2, 0) is 16.4 Å². The summed E-state index contributed by atoms with van der Waals surface area (Å²) in [7, 11) is -2.68. The first-order valence-electron chi connectivity index (χ1n) is 10.1. The molecule has 4 rings (SSSR count). The van der Waals surface area contributed by atoms with Gasteiger partial charge in [-0.3, -0.25) is 9.69 Å². The molecule has 0 spiro atoms. The number of ketones is 1. The summed E-state index contributed by atoms with van der Waals surface area (Å²) in [5.74, 6) is 0.0149. The number of benzene rings is 3. The van der Waals surface area contributed by atoms with Gasteiger partial charge in [-0.05, 0) is 48.4 Å². The summed E-state index contributed by atoms with van der Waals surface area (Å²) in [4.78, 5) is 27.7. The number of urea groups is 1. The van der Waals surface area contributed by atoms with Crippen molar-refractivity contribution in [2.45, 2.75) is 18.2 Å². The summed E-state index contributed by atoms with van der Waals surface area (Å²) < 4.78 is 32.7. The molecular weight excluding hydrogens is 428 g/mol. The van der Waals surface area contributed by atoms with Crippen molar-refractivity contribution >= 4 is 33.2 Å². The number of rotatable bonds is 6. The molecule has 0 aromatic heterocycles. The number of methoxy groups -OCH3 is 1. The average molecular weight is 451 g/mol. The Bertz CT molecular complexity index is 1290. The van der Waals surface area contributed by atoms with Crippen LogP contribution in [0, 0.1) is 0 Å². The van der Waals surface area contributed by atoms with Crippen molar-refractivity contribution in [3.8, 4) is 5.75 Å². The maximum Gasteiger partial charge on any atom is 0.343 e. The first-order chi connectivity index (χ1) is 15.4. The molecule has 3 aromatic carbocycles. The highest BCUT2D eigenvalue weighted by Gasteiger charge is 2.43. The second kappa shape index (κ2) is 8.47. The lowest BCUT2D eigenvalue weighted by Gasteiger charge is -2.36. The van der Waals surface area contributed by atoms with Crippen molar-refractivity contribution < 1.29 is 22.7 Å². The van der Waals surface area contributed by atoms with Crippen LogP contribution in [0.4, 0.5) is 16.2 Å². The maximum atomic E-state index is 13.5. The van der Waals surface area contributed by atoms with Gasteiger partial charge in [0.25, 0.3) is 10.0 Å². The maximum absolute atomic E-state index is 13.5. The van der Waals surface area contributed by atoms with E-state index in [9.17, 15) is 18.0 Å². The van der Waals surface area contributed by atoms with E-state index in [0.29, 0.717) is 11.3 Å². The molecule has 2 amide bonds. The first kappa shape index (κ1) is 21.6. The van der Waals surface area contributed by atoms with Gasteiger partial charge in [0.05, 0.1) is 30.6 Å². The Morgan fingerprint density at radius 2 is 1.59 bits per heavy atom. The lowest BCUT2D eigenvalue weighted by atomic mass is 10.1. The van der Waals surface area contributed by atoms with Crippen LogP contribution in [0.1, 0.15) is 22.8 Å². The Morgan fingerprint density at radius 1 is 0.938 bits per heavy atom. The molecule has 0 saturated carbocycles. The van der Waals surface area contributed by atoms with E-state index in [1.54, 1.807) is 60.7 Å². The molecule has 0 atom stereocenters. The zero-order valence-electron chi connectivity index (χ0n) is 17.7. The van der Waals surface area contributed by atoms with Crippen LogP contribution >= 0.6 is 0 Å². The molecule has 1 aliphatic rings. The van der Waals surface area contributed by atoms with Crippen LogP contribution in [0.2, 0.25) is 0 Å². The monoisotopic (exact) mass is 450 g/mol. The van der Waals surface area contributed by atoms with Gasteiger partial charge in [-0.1, -0.05) is 43.3 Å². The molecule has 0 radical (unpaired) electrons. The predicted molar refractivity (Wildman–Crippen MR) is 122 cm³/mol. The third-order valence-corrected chi connectivity index (χ3v) is 7.12. The van der Waals surface area contributed by atoms with Crippen LogP contribution < -0.4 is 13.9 Å². The van der Waals surface area contributed by atoms with Gasteiger partial charge in [-0.15, -0.1) is 0 Å². The molecule has 1 heterocycles. The van der Waals surface area contributed by atoms with Crippen molar-refractivity contribution in [3.63, 3.8) is 0 Å². The molecule has 0 N–H and O–H groups in total. The van der Waals surface area contributed by atoms with Crippen molar-refractivity contribution in [2.24, 2.45) is 0 Å². The van der Waals surface area contributed by atoms with Crippen LogP contribution in [-0.4, -0.2) is 33.9 Å². The highest BCUT2D eigenvalue weighted by atomic mass is 32.2. The number of aryl methyl sites for hydroxylation is 1. The number of para-hydroxylation sites is 2. The van der Waals surface area contributed by atoms with Gasteiger partial charge in [0.1, 0.15) is 10.6 Å². The van der Waals surface area contributed by atoms with E-state index in [1.165, 1.54) is 24.1 Å². The van der Waals surface area contributed by atoms with Crippen LogP contribution in [0.3, 0.4) is 0 Å². The fourth-order valence-corrected chi connectivity index (χ4v) is 5.28. The summed E-state index contributed by atoms with van der Waals surface area (Å²) in [6.45, 7) is 1.65. The second-order valence-electron chi connectivity index (χ2n) is 7.25. The highest BCUT2D eigenvalue weighted by Crippen LogP contribution is 2.37. The van der Waals surface area contributed by atoms with E-state index < -0.39 is 16.1 Å². The predicted octanol–water partition coefficient (Wildman–Crippen LogP) is 4.28. The minimum Gasteiger partial charge on any atom is -0.496 e. The number of sulfonamides is 1. The number of anilines is 2. The molecule has 164 valence electrons. The summed E-state index contributed by atoms with van der Waals surface area (Å²) >= 11 is 0. The number of hydrogen-bond donors (Lipinski definition) is 0. The molecule has 0 aliphatic carbocycles. The quantitative estimate of drug-likeness (QED) is 0.524. The molecule has 0 bridgehead atoms. The second-order valence-corrected chi connectivity index (χ2v) is 9.00. The largest absolute Gasteiger partial charge is 0.496 e. The van der Waals surface area contributed by atoms with Crippen LogP contribution in [0.5, 0.6) is 5.75 Å². The molecule has 0 unspecified atom stereocenters. The van der Waals surface area contributed by atoms with Gasteiger partial charge in [0.15, 0.2) is 5.78 Å². The van der Waals surface area contributed by atoms with Gasteiger partial charge in [0.2, 0.25) is 0 Å². The number of carbonyl (C=O) groups is 2. The fourth-order valence-electron chi connectivity index (χ4n) is 3.68. The highest BCUT2D eigenvalue weighted by molar-refractivity contribution is 7.94. The van der Waals surface area contributed by atoms with E-state index in [1.807, 2.05) is 6.92 Å². The van der Waals surface area contributed by atoms with Crippen LogP contribution in [0.15, 0.2) is 77.7 Å². The number of nitrogens with zero attached hydrogens (tertiary/aromatic N) is 2. The van der Waals surface area contributed by atoms with E-state index >= 15 is 0 Å². The van der Waals surface area contributed by atoms with Gasteiger partial charge in [-0.2, -0.15) is 4.31 Å². The zero-order valence-corrected chi connectivity index (χ0v) is 18.5. The fraction of sp³-hybridized carbons (Fsp3) is 0.167. The van der Waals surface area contributed by atoms with Gasteiger partial charge >= 0.3 is 6.03 Å². The number of amides is 2. The standard InChI is InChI=1S/C24H22N2O5S/c1-3-17-12-14-18(15-13-17)26-24(28)25(20-9-5-7-11-23(20)32(26,29)30)16-21(27)19-8-4-6-10-22(19)31-2/h4-15H,3,16H2,1-2H3. The number of fused-ring (bicyclic) bond motifs is 1. The number of ether oxygens (including phenoxy) is 1. The molecule has 0 saturated heterocycles. The van der Waals surface area contributed by atoms with Gasteiger partial charge in [0, 0.05) is 0 Å². The molecular formula is C24H22N2O5S. The van der Waals surface area contributed by atoms with Crippen molar-refractivity contribution in [2.75, 3.05) is 22.9 Å². The average Bonchev–Trinajstić information content (AvgIpc) is 2.82. The molecule has 3 aromatic rings. The van der Waals surface area contributed by atoms with E-state index in [-0.39, 0.29) is 28.6 Å². The topological polar surface area (TPSA) is 84.0 Å². The number of Topliss-reactive ketones (excluding diaryl/α,β-unsaturated/α-hetero) is 1. The van der Waals surface area contributed by atoms with Crippen molar-refractivity contribution in [1.29, 1.82) is 0 Å². The molecule has 8 heteroatoms. The minimum absolute atomic E-state index is 0.0352. The Kier molecular flexibility index (Phi) is 5.71. The SMILES string of the molecule is CCc1ccc(N2C(=O)N(CC(=O)c3ccccc3OC)c3ccccc3S2(=O)=O)cc1. The zero-order chi connectivity index (χ0) is 22.9. The van der Waals surface area contributed by atoms with Crippen molar-refractivity contribution in [3.05, 3.63) is 83.9 Å². The summed E-state index contributed by atoms with van der Waals surface area (Å²) in [6, 6.07) is 18.8. The summed E-state index contributed by atoms with van der Waals surface area (Å²) in [5, 5.41) is 0. The molecule has 1 aliphatic heterocycles. The number of hydrogen-bond acceptors (Lipinski definition) is 5. The van der Waals surface area contributed by atoms with E-state index in [0.717, 1.165) is 16.3 Å². The smallest absolute Gasteiger partial charge is 0.343 e. The number of carbonyl (C=O) groups excluding carboxylic acids is 2. The lowest BCUT2D eigenvalue weighted by molar-refractivity contribution is 0.0996. The Labute approximate surface area is 186 Å². The Hall–Kier alpha value is -3.65. The third-order valence-electron chi connectivity index (χ3n) is 5.37. The van der Waals surface area contributed by atoms with Gasteiger partial charge < -0.3 is 4.74 Å². The van der Waals surface area contributed by atoms with Crippen LogP contribution in [0.25, 0.3) is 0 Å². The summed E-state index contributed by atoms with van der Waals surface area (Å²) in [6.07, 6.45) is 0.781. The van der Waals surface area contributed by atoms with Gasteiger partial charge in [-0.25, -0.2) is 13.2 Å². The Balaban J connectivity index is 1.80. The van der Waals surface area contributed by atoms with E-state index in [4.69, 9.17) is 4.74 Å². The molecule has 7 nitrogen and oxygen atoms in total. The molecule has 32 heavy (non-hydrogen) atoms. The first-order valence-corrected chi connectivity index (χ1v) is 11.5. The summed E-state index contributed by atoms with van der Waals surface area (Å²) in [5.41, 5.74) is 1.71. The van der Waals surface area contributed by atoms with E-state index in [2.05, 4.69) is 0 Å². The lowest BCUT2D eigenvalue weighted by Crippen LogP contribution is -2.52. The minimum atomic E-state index is -4.14. The van der Waals surface area contributed by atoms with Crippen molar-refractivity contribution in [1.82, 2.24) is 0 Å². The Morgan fingerprint density at radius 3 is 2.28 bits per heavy atom. The third kappa shape index (κ3) is 3.62. The normalized spacial score (nSPS) is 14.8.